The van der Waals surface area contributed by atoms with Crippen LogP contribution in [0.4, 0.5) is 17.6 Å². The maximum Gasteiger partial charge on any atom is 0.416 e. The summed E-state index contributed by atoms with van der Waals surface area (Å²) in [5.74, 6) is -4.12. The van der Waals surface area contributed by atoms with Crippen molar-refractivity contribution in [2.75, 3.05) is 20.1 Å². The number of likely N-dealkylation sites (tertiary alicyclic amines) is 1. The van der Waals surface area contributed by atoms with E-state index in [4.69, 9.17) is 5.73 Å². The van der Waals surface area contributed by atoms with Crippen LogP contribution in [0.5, 0.6) is 0 Å². The minimum absolute atomic E-state index is 0.0445. The molecular weight excluding hydrogens is 727 g/mol. The van der Waals surface area contributed by atoms with Crippen molar-refractivity contribution in [3.63, 3.8) is 0 Å². The molecule has 0 spiro atoms. The highest BCUT2D eigenvalue weighted by molar-refractivity contribution is 14.2. The molecule has 1 saturated heterocycles. The highest BCUT2D eigenvalue weighted by Crippen LogP contribution is 2.37. The van der Waals surface area contributed by atoms with Gasteiger partial charge in [0, 0.05) is 37.2 Å². The highest BCUT2D eigenvalue weighted by atomic mass is 127. The molecule has 1 heterocycles. The summed E-state index contributed by atoms with van der Waals surface area (Å²) in [6.45, 7) is 5.26. The Balaban J connectivity index is 0.00000345. The maximum atomic E-state index is 14.0. The predicted molar refractivity (Wildman–Crippen MR) is 174 cm³/mol. The molecule has 2 aromatic rings. The average molecular weight is 761 g/mol. The van der Waals surface area contributed by atoms with Crippen LogP contribution in [0, 0.1) is 17.1 Å². The number of alkyl halides is 3. The van der Waals surface area contributed by atoms with Gasteiger partial charge in [-0.1, -0.05) is 25.1 Å². The number of halogens is 5. The summed E-state index contributed by atoms with van der Waals surface area (Å²) in [5.41, 5.74) is 5.05. The number of benzene rings is 2. The number of amidine groups is 1. The van der Waals surface area contributed by atoms with Gasteiger partial charge in [0.15, 0.2) is 0 Å². The Hall–Kier alpha value is -3.65. The molecule has 242 valence electrons. The van der Waals surface area contributed by atoms with Crippen LogP contribution >= 0.6 is 31.0 Å². The molecule has 1 fully saturated rings. The summed E-state index contributed by atoms with van der Waals surface area (Å²) in [7, 11) is 4.87. The fourth-order valence-corrected chi connectivity index (χ4v) is 4.65. The van der Waals surface area contributed by atoms with Gasteiger partial charge < -0.3 is 16.0 Å². The summed E-state index contributed by atoms with van der Waals surface area (Å²) in [5, 5.41) is 11.9. The van der Waals surface area contributed by atoms with Gasteiger partial charge in [-0.2, -0.15) is 18.4 Å². The van der Waals surface area contributed by atoms with E-state index in [1.807, 2.05) is 34.2 Å². The van der Waals surface area contributed by atoms with E-state index in [2.05, 4.69) is 20.1 Å². The molecule has 0 saturated carbocycles. The zero-order chi connectivity index (χ0) is 34.1. The third kappa shape index (κ3) is 8.75. The number of piperidine rings is 1. The number of carbonyl (C=O) groups is 3. The van der Waals surface area contributed by atoms with Gasteiger partial charge in [0.1, 0.15) is 29.4 Å². The van der Waals surface area contributed by atoms with Crippen LogP contribution in [0.25, 0.3) is 0 Å². The third-order valence-corrected chi connectivity index (χ3v) is 7.05. The molecule has 0 bridgehead atoms. The molecule has 2 aromatic carbocycles. The van der Waals surface area contributed by atoms with Crippen LogP contribution in [-0.2, 0) is 15.8 Å². The summed E-state index contributed by atoms with van der Waals surface area (Å²) < 4.78 is 54.1. The van der Waals surface area contributed by atoms with E-state index in [1.54, 1.807) is 6.92 Å². The quantitative estimate of drug-likeness (QED) is 0.147. The predicted octanol–water partition coefficient (Wildman–Crippen LogP) is 5.25. The van der Waals surface area contributed by atoms with Crippen LogP contribution in [0.3, 0.4) is 0 Å². The van der Waals surface area contributed by atoms with Crippen molar-refractivity contribution in [1.29, 1.82) is 5.26 Å². The fourth-order valence-electron chi connectivity index (χ4n) is 4.65. The first-order valence-corrected chi connectivity index (χ1v) is 16.9. The van der Waals surface area contributed by atoms with E-state index in [-0.39, 0.29) is 41.3 Å². The van der Waals surface area contributed by atoms with Crippen molar-refractivity contribution < 1.29 is 31.9 Å². The monoisotopic (exact) mass is 760 g/mol. The Morgan fingerprint density at radius 1 is 1.20 bits per heavy atom. The number of likely N-dealkylation sites (N-methyl/N-ethyl adjacent to an activating group) is 2. The van der Waals surface area contributed by atoms with Gasteiger partial charge in [-0.25, -0.2) is 4.39 Å². The number of hydrogen-bond donors (Lipinski definition) is 3. The topological polar surface area (TPSA) is 132 Å². The number of rotatable bonds is 8. The molecule has 3 unspecified atom stereocenters. The van der Waals surface area contributed by atoms with Gasteiger partial charge in [-0.3, -0.25) is 24.3 Å². The second kappa shape index (κ2) is 16.6. The summed E-state index contributed by atoms with van der Waals surface area (Å²) in [4.78, 5) is 47.8. The normalized spacial score (nSPS) is 19.2. The van der Waals surface area contributed by atoms with Crippen molar-refractivity contribution in [3.05, 3.63) is 82.3 Å². The largest absolute Gasteiger partial charge is 0.416 e. The Morgan fingerprint density at radius 3 is 2.36 bits per heavy atom. The average Bonchev–Trinajstić information content (AvgIpc) is 3.04. The molecule has 1 aliphatic heterocycles. The molecule has 0 aliphatic carbocycles. The van der Waals surface area contributed by atoms with Crippen molar-refractivity contribution in [3.8, 4) is 6.07 Å². The molecule has 3 amide bonds. The lowest BCUT2D eigenvalue weighted by molar-refractivity contribution is -0.137. The molecule has 45 heavy (non-hydrogen) atoms. The minimum atomic E-state index is -4.71. The molecule has 9 nitrogen and oxygen atoms in total. The van der Waals surface area contributed by atoms with Gasteiger partial charge in [0.05, 0.1) is 11.6 Å². The molecule has 1 aliphatic rings. The van der Waals surface area contributed by atoms with Crippen molar-refractivity contribution in [2.24, 2.45) is 10.7 Å². The van der Waals surface area contributed by atoms with E-state index in [0.717, 1.165) is 29.2 Å². The Labute approximate surface area is 276 Å². The van der Waals surface area contributed by atoms with Gasteiger partial charge in [-0.05, 0) is 77.4 Å². The van der Waals surface area contributed by atoms with E-state index >= 15 is 0 Å². The number of nitriles is 1. The number of aliphatic imine (C=N–C) groups is 1. The fraction of sp³-hybridized carbons (Fsp3) is 0.367. The first-order valence-electron chi connectivity index (χ1n) is 13.7. The molecule has 3 N–H and O–H groups in total. The summed E-state index contributed by atoms with van der Waals surface area (Å²) in [6, 6.07) is 8.26. The molecule has 15 heteroatoms. The zero-order valence-electron chi connectivity index (χ0n) is 24.9. The highest BCUT2D eigenvalue weighted by Gasteiger charge is 2.47. The van der Waals surface area contributed by atoms with Gasteiger partial charge in [-0.15, -0.1) is 9.80 Å². The SMILES string of the molecule is CCCN=C1/C(=C(\N)C(=O)N(C)C(C)C#N)C(c2ccc(F)cc2)C(NC(=O)c2cccc(C(F)(F)F)c2)C(=O)N1CC.SI. The molecule has 3 atom stereocenters. The van der Waals surface area contributed by atoms with Gasteiger partial charge in [0.25, 0.3) is 17.7 Å². The lowest BCUT2D eigenvalue weighted by atomic mass is 9.78. The van der Waals surface area contributed by atoms with Crippen LogP contribution < -0.4 is 11.1 Å². The van der Waals surface area contributed by atoms with Crippen LogP contribution in [-0.4, -0.2) is 65.6 Å². The molecular formula is C30H33F4IN6O3S. The van der Waals surface area contributed by atoms with Crippen molar-refractivity contribution in [1.82, 2.24) is 15.1 Å². The summed E-state index contributed by atoms with van der Waals surface area (Å²) in [6.07, 6.45) is -4.15. The van der Waals surface area contributed by atoms with Gasteiger partial charge in [0.2, 0.25) is 0 Å². The number of nitrogens with zero attached hydrogens (tertiary/aromatic N) is 4. The number of hydrogen-bond acceptors (Lipinski definition) is 7. The van der Waals surface area contributed by atoms with Crippen LogP contribution in [0.1, 0.15) is 54.6 Å². The lowest BCUT2D eigenvalue weighted by Crippen LogP contribution is -2.59. The first-order chi connectivity index (χ1) is 21.3. The minimum Gasteiger partial charge on any atom is -0.394 e. The summed E-state index contributed by atoms with van der Waals surface area (Å²) >= 11 is 1.84. The lowest BCUT2D eigenvalue weighted by Gasteiger charge is -2.41. The van der Waals surface area contributed by atoms with E-state index < -0.39 is 53.3 Å². The smallest absolute Gasteiger partial charge is 0.394 e. The number of thiol groups is 1. The van der Waals surface area contributed by atoms with Gasteiger partial charge >= 0.3 is 6.18 Å². The van der Waals surface area contributed by atoms with Crippen molar-refractivity contribution in [2.45, 2.75) is 51.4 Å². The number of amides is 3. The molecule has 3 rings (SSSR count). The number of nitrogens with one attached hydrogen (secondary N) is 1. The second-order valence-corrected chi connectivity index (χ2v) is 9.90. The van der Waals surface area contributed by atoms with Crippen molar-refractivity contribution >= 4 is 54.6 Å². The van der Waals surface area contributed by atoms with E-state index in [1.165, 1.54) is 37.1 Å². The number of nitrogens with two attached hydrogens (primary N) is 1. The first kappa shape index (κ1) is 37.5. The zero-order valence-corrected chi connectivity index (χ0v) is 28.0. The van der Waals surface area contributed by atoms with E-state index in [9.17, 15) is 37.2 Å². The number of carbonyl (C=O) groups excluding carboxylic acids is 3. The van der Waals surface area contributed by atoms with Crippen LogP contribution in [0.2, 0.25) is 0 Å². The Kier molecular flexibility index (Phi) is 13.8. The Morgan fingerprint density at radius 2 is 1.82 bits per heavy atom. The maximum absolute atomic E-state index is 14.0. The van der Waals surface area contributed by atoms with E-state index in [0.29, 0.717) is 12.5 Å². The van der Waals surface area contributed by atoms with Crippen LogP contribution in [0.15, 0.2) is 64.8 Å². The second-order valence-electron chi connectivity index (χ2n) is 9.90. The standard InChI is InChI=1S/C30H32F4N6O3.HIS/c1-5-14-37-26-23(24(36)28(42)39(4)17(3)16-35)22(18-10-12-21(31)13-11-18)25(29(43)40(26)6-2)38-27(41)19-8-7-9-20(15-19)30(32,33)34;1-2/h7-13,15,17,22,25H,5-6,14,36H2,1-4H3,(H,38,41);2H/b24-23-,37-26?;. The third-order valence-electron chi connectivity index (χ3n) is 7.05. The Bertz CT molecular complexity index is 1490. The molecule has 0 aromatic heterocycles. The molecule has 0 radical (unpaired) electrons.